The third-order valence-corrected chi connectivity index (χ3v) is 6.05. The minimum Gasteiger partial charge on any atom is -0.490 e. The molecule has 0 N–H and O–H groups in total. The Labute approximate surface area is 182 Å². The van der Waals surface area contributed by atoms with Crippen molar-refractivity contribution in [1.29, 1.82) is 0 Å². The van der Waals surface area contributed by atoms with Crippen LogP contribution in [0.15, 0.2) is 53.2 Å². The number of ether oxygens (including phenoxy) is 2. The van der Waals surface area contributed by atoms with E-state index in [1.54, 1.807) is 18.2 Å². The summed E-state index contributed by atoms with van der Waals surface area (Å²) in [5, 5.41) is 0.0949. The number of halogens is 1. The van der Waals surface area contributed by atoms with E-state index in [0.717, 1.165) is 17.5 Å². The topological polar surface area (TPSA) is 65.0 Å². The number of carbonyl (C=O) groups excluding carboxylic acids is 2. The lowest BCUT2D eigenvalue weighted by molar-refractivity contribution is -0.132. The van der Waals surface area contributed by atoms with Crippen LogP contribution in [0.2, 0.25) is 5.02 Å². The molecule has 2 aromatic carbocycles. The molecule has 0 fully saturated rings. The van der Waals surface area contributed by atoms with Crippen LogP contribution in [0.1, 0.15) is 25.0 Å². The summed E-state index contributed by atoms with van der Waals surface area (Å²) < 4.78 is 11.4. The lowest BCUT2D eigenvalue weighted by Crippen LogP contribution is -2.05. The number of hydrogen-bond donors (Lipinski definition) is 0. The van der Waals surface area contributed by atoms with Gasteiger partial charge in [0.2, 0.25) is 5.12 Å². The summed E-state index contributed by atoms with van der Waals surface area (Å²) in [7, 11) is 0. The minimum atomic E-state index is -0.494. The number of nitrogens with zero attached hydrogens (tertiary/aromatic N) is 1. The predicted molar refractivity (Wildman–Crippen MR) is 120 cm³/mol. The van der Waals surface area contributed by atoms with Crippen molar-refractivity contribution in [2.24, 2.45) is 4.99 Å². The summed E-state index contributed by atoms with van der Waals surface area (Å²) in [5.41, 5.74) is 2.14. The second kappa shape index (κ2) is 10.0. The molecule has 1 aliphatic rings. The molecule has 0 aliphatic carbocycles. The van der Waals surface area contributed by atoms with Crippen molar-refractivity contribution in [1.82, 2.24) is 0 Å². The van der Waals surface area contributed by atoms with Gasteiger partial charge in [-0.05, 0) is 48.0 Å². The molecule has 29 heavy (non-hydrogen) atoms. The molecule has 3 rings (SSSR count). The number of carbonyl (C=O) groups is 2. The van der Waals surface area contributed by atoms with Crippen LogP contribution in [-0.2, 0) is 15.3 Å². The van der Waals surface area contributed by atoms with E-state index in [1.165, 1.54) is 24.2 Å². The molecule has 0 saturated heterocycles. The molecular weight excluding hydrogens is 430 g/mol. The molecule has 2 aromatic rings. The van der Waals surface area contributed by atoms with Crippen LogP contribution in [0.3, 0.4) is 0 Å². The first-order chi connectivity index (χ1) is 14.0. The predicted octanol–water partition coefficient (Wildman–Crippen LogP) is 5.57. The Hall–Kier alpha value is -2.22. The quantitative estimate of drug-likeness (QED) is 0.328. The lowest BCUT2D eigenvalue weighted by atomic mass is 10.1. The van der Waals surface area contributed by atoms with Crippen molar-refractivity contribution in [3.63, 3.8) is 0 Å². The SMILES string of the molecule is CCOc1cc(C=C2N=C(SCc3ccccc3)SC2=O)cc(Cl)c1OC(C)=O. The Morgan fingerprint density at radius 2 is 2.03 bits per heavy atom. The van der Waals surface area contributed by atoms with Crippen LogP contribution in [0.5, 0.6) is 11.5 Å². The second-order valence-electron chi connectivity index (χ2n) is 5.93. The van der Waals surface area contributed by atoms with Gasteiger partial charge in [-0.2, -0.15) is 0 Å². The van der Waals surface area contributed by atoms with Crippen LogP contribution in [0.25, 0.3) is 6.08 Å². The van der Waals surface area contributed by atoms with Crippen molar-refractivity contribution in [2.75, 3.05) is 6.61 Å². The average Bonchev–Trinajstić information content (AvgIpc) is 3.03. The molecule has 0 bridgehead atoms. The third-order valence-electron chi connectivity index (χ3n) is 3.69. The zero-order valence-corrected chi connectivity index (χ0v) is 18.2. The van der Waals surface area contributed by atoms with Crippen molar-refractivity contribution >= 4 is 56.7 Å². The maximum Gasteiger partial charge on any atom is 0.308 e. The van der Waals surface area contributed by atoms with Crippen molar-refractivity contribution in [3.05, 3.63) is 64.3 Å². The fourth-order valence-electron chi connectivity index (χ4n) is 2.51. The Morgan fingerprint density at radius 3 is 2.72 bits per heavy atom. The fraction of sp³-hybridized carbons (Fsp3) is 0.190. The third kappa shape index (κ3) is 5.88. The summed E-state index contributed by atoms with van der Waals surface area (Å²) >= 11 is 8.90. The van der Waals surface area contributed by atoms with E-state index in [9.17, 15) is 9.59 Å². The van der Waals surface area contributed by atoms with Crippen LogP contribution >= 0.6 is 35.1 Å². The Morgan fingerprint density at radius 1 is 1.28 bits per heavy atom. The van der Waals surface area contributed by atoms with Gasteiger partial charge in [-0.1, -0.05) is 53.7 Å². The van der Waals surface area contributed by atoms with Gasteiger partial charge < -0.3 is 9.47 Å². The van der Waals surface area contributed by atoms with Gasteiger partial charge in [-0.3, -0.25) is 9.59 Å². The fourth-order valence-corrected chi connectivity index (χ4v) is 4.56. The standard InChI is InChI=1S/C21H18ClNO4S2/c1-3-26-18-11-15(9-16(22)19(18)27-13(2)24)10-17-20(25)29-21(23-17)28-12-14-7-5-4-6-8-14/h4-11H,3,12H2,1-2H3. The van der Waals surface area contributed by atoms with Crippen molar-refractivity contribution < 1.29 is 19.1 Å². The molecule has 0 unspecified atom stereocenters. The first-order valence-electron chi connectivity index (χ1n) is 8.80. The van der Waals surface area contributed by atoms with E-state index in [2.05, 4.69) is 4.99 Å². The molecule has 150 valence electrons. The molecule has 0 spiro atoms. The van der Waals surface area contributed by atoms with Crippen LogP contribution in [0.4, 0.5) is 0 Å². The maximum atomic E-state index is 12.3. The molecule has 0 amide bonds. The molecule has 0 saturated carbocycles. The summed E-state index contributed by atoms with van der Waals surface area (Å²) in [6.45, 7) is 3.48. The lowest BCUT2D eigenvalue weighted by Gasteiger charge is -2.12. The van der Waals surface area contributed by atoms with E-state index < -0.39 is 5.97 Å². The van der Waals surface area contributed by atoms with Gasteiger partial charge in [-0.25, -0.2) is 4.99 Å². The number of rotatable bonds is 6. The van der Waals surface area contributed by atoms with Gasteiger partial charge in [0.05, 0.1) is 11.6 Å². The highest BCUT2D eigenvalue weighted by Gasteiger charge is 2.23. The van der Waals surface area contributed by atoms with Gasteiger partial charge in [0.1, 0.15) is 10.1 Å². The highest BCUT2D eigenvalue weighted by atomic mass is 35.5. The zero-order valence-electron chi connectivity index (χ0n) is 15.8. The van der Waals surface area contributed by atoms with Gasteiger partial charge in [0.25, 0.3) is 0 Å². The van der Waals surface area contributed by atoms with Crippen LogP contribution in [0, 0.1) is 0 Å². The van der Waals surface area contributed by atoms with Crippen LogP contribution in [-0.4, -0.2) is 22.1 Å². The number of benzene rings is 2. The van der Waals surface area contributed by atoms with E-state index >= 15 is 0 Å². The van der Waals surface area contributed by atoms with Gasteiger partial charge >= 0.3 is 5.97 Å². The number of thioether (sulfide) groups is 2. The Kier molecular flexibility index (Phi) is 7.41. The van der Waals surface area contributed by atoms with E-state index in [0.29, 0.717) is 28.0 Å². The van der Waals surface area contributed by atoms with E-state index in [1.807, 2.05) is 37.3 Å². The molecule has 8 heteroatoms. The molecule has 0 radical (unpaired) electrons. The summed E-state index contributed by atoms with van der Waals surface area (Å²) in [6.07, 6.45) is 1.65. The van der Waals surface area contributed by atoms with Gasteiger partial charge in [0, 0.05) is 12.7 Å². The number of aliphatic imine (C=N–C) groups is 1. The Bertz CT molecular complexity index is 990. The molecule has 1 heterocycles. The maximum absolute atomic E-state index is 12.3. The smallest absolute Gasteiger partial charge is 0.308 e. The first kappa shape index (κ1) is 21.5. The largest absolute Gasteiger partial charge is 0.490 e. The molecular formula is C21H18ClNO4S2. The highest BCUT2D eigenvalue weighted by molar-refractivity contribution is 8.45. The number of esters is 1. The highest BCUT2D eigenvalue weighted by Crippen LogP contribution is 2.38. The normalized spacial score (nSPS) is 14.8. The first-order valence-corrected chi connectivity index (χ1v) is 11.0. The van der Waals surface area contributed by atoms with Crippen LogP contribution < -0.4 is 9.47 Å². The summed E-state index contributed by atoms with van der Waals surface area (Å²) in [5.74, 6) is 0.747. The molecule has 0 aromatic heterocycles. The number of hydrogen-bond acceptors (Lipinski definition) is 7. The second-order valence-corrected chi connectivity index (χ2v) is 8.52. The average molecular weight is 448 g/mol. The van der Waals surface area contributed by atoms with E-state index in [4.69, 9.17) is 21.1 Å². The van der Waals surface area contributed by atoms with Crippen molar-refractivity contribution in [2.45, 2.75) is 19.6 Å². The van der Waals surface area contributed by atoms with Gasteiger partial charge in [0.15, 0.2) is 11.5 Å². The zero-order chi connectivity index (χ0) is 20.8. The molecule has 1 aliphatic heterocycles. The van der Waals surface area contributed by atoms with Gasteiger partial charge in [-0.15, -0.1) is 0 Å². The Balaban J connectivity index is 1.81. The summed E-state index contributed by atoms with van der Waals surface area (Å²) in [6, 6.07) is 13.3. The van der Waals surface area contributed by atoms with Crippen molar-refractivity contribution in [3.8, 4) is 11.5 Å². The summed E-state index contributed by atoms with van der Waals surface area (Å²) in [4.78, 5) is 28.1. The minimum absolute atomic E-state index is 0.126. The molecule has 5 nitrogen and oxygen atoms in total. The van der Waals surface area contributed by atoms with E-state index in [-0.39, 0.29) is 15.9 Å². The monoisotopic (exact) mass is 447 g/mol. The molecule has 0 atom stereocenters.